The lowest BCUT2D eigenvalue weighted by Gasteiger charge is -1.99. The lowest BCUT2D eigenvalue weighted by Crippen LogP contribution is -2.03. The van der Waals surface area contributed by atoms with Gasteiger partial charge in [0.2, 0.25) is 0 Å². The van der Waals surface area contributed by atoms with Crippen molar-refractivity contribution >= 4 is 11.3 Å². The summed E-state index contributed by atoms with van der Waals surface area (Å²) < 4.78 is 5.35. The minimum Gasteiger partial charge on any atom is -0.377 e. The van der Waals surface area contributed by atoms with Crippen LogP contribution in [0.5, 0.6) is 0 Å². The summed E-state index contributed by atoms with van der Waals surface area (Å²) in [6.45, 7) is 2.21. The number of thiophene rings is 1. The van der Waals surface area contributed by atoms with Crippen LogP contribution in [0, 0.1) is 0 Å². The second kappa shape index (κ2) is 5.29. The van der Waals surface area contributed by atoms with Crippen molar-refractivity contribution in [2.75, 3.05) is 13.2 Å². The molecule has 0 saturated carbocycles. The molecule has 1 rings (SSSR count). The van der Waals surface area contributed by atoms with Gasteiger partial charge in [-0.1, -0.05) is 0 Å². The molecule has 1 aromatic rings. The molecule has 0 aliphatic carbocycles. The van der Waals surface area contributed by atoms with Gasteiger partial charge in [0.25, 0.3) is 0 Å². The van der Waals surface area contributed by atoms with Crippen LogP contribution in [-0.4, -0.2) is 13.2 Å². The number of ether oxygens (including phenoxy) is 1. The third-order valence-electron chi connectivity index (χ3n) is 1.34. The van der Waals surface area contributed by atoms with E-state index in [0.717, 1.165) is 19.6 Å². The predicted molar refractivity (Wildman–Crippen MR) is 47.6 cm³/mol. The summed E-state index contributed by atoms with van der Waals surface area (Å²) in [7, 11) is 0. The molecule has 11 heavy (non-hydrogen) atoms. The fourth-order valence-electron chi connectivity index (χ4n) is 0.750. The maximum absolute atomic E-state index is 5.35. The van der Waals surface area contributed by atoms with Crippen LogP contribution in [0.15, 0.2) is 16.8 Å². The van der Waals surface area contributed by atoms with E-state index in [4.69, 9.17) is 10.5 Å². The van der Waals surface area contributed by atoms with Crippen LogP contribution in [-0.2, 0) is 11.3 Å². The Hall–Kier alpha value is -0.380. The van der Waals surface area contributed by atoms with Crippen molar-refractivity contribution in [1.29, 1.82) is 0 Å². The van der Waals surface area contributed by atoms with Crippen LogP contribution in [0.1, 0.15) is 12.0 Å². The minimum absolute atomic E-state index is 0.712. The summed E-state index contributed by atoms with van der Waals surface area (Å²) in [6, 6.07) is 2.08. The standard InChI is InChI=1S/C8H13NOS/c9-3-1-4-10-6-8-2-5-11-7-8/h2,5,7H,1,3-4,6,9H2. The van der Waals surface area contributed by atoms with E-state index in [2.05, 4.69) is 16.8 Å². The number of hydrogen-bond donors (Lipinski definition) is 1. The molecule has 0 fully saturated rings. The smallest absolute Gasteiger partial charge is 0.0724 e. The first kappa shape index (κ1) is 8.71. The highest BCUT2D eigenvalue weighted by Gasteiger charge is 1.91. The van der Waals surface area contributed by atoms with Gasteiger partial charge in [-0.25, -0.2) is 0 Å². The Morgan fingerprint density at radius 1 is 1.55 bits per heavy atom. The van der Waals surface area contributed by atoms with E-state index in [0.29, 0.717) is 6.54 Å². The normalized spacial score (nSPS) is 10.3. The van der Waals surface area contributed by atoms with Crippen molar-refractivity contribution in [3.63, 3.8) is 0 Å². The second-order valence-electron chi connectivity index (χ2n) is 2.33. The van der Waals surface area contributed by atoms with Crippen molar-refractivity contribution in [3.05, 3.63) is 22.4 Å². The van der Waals surface area contributed by atoms with Gasteiger partial charge in [0.1, 0.15) is 0 Å². The van der Waals surface area contributed by atoms with E-state index < -0.39 is 0 Å². The Kier molecular flexibility index (Phi) is 4.19. The molecule has 0 aromatic carbocycles. The van der Waals surface area contributed by atoms with Crippen LogP contribution >= 0.6 is 11.3 Å². The van der Waals surface area contributed by atoms with Crippen molar-refractivity contribution in [2.24, 2.45) is 5.73 Å². The first-order valence-electron chi connectivity index (χ1n) is 3.72. The zero-order chi connectivity index (χ0) is 7.94. The quantitative estimate of drug-likeness (QED) is 0.683. The Bertz CT molecular complexity index is 174. The first-order chi connectivity index (χ1) is 5.43. The fourth-order valence-corrected chi connectivity index (χ4v) is 1.40. The summed E-state index contributed by atoms with van der Waals surface area (Å²) in [5.74, 6) is 0. The van der Waals surface area contributed by atoms with E-state index in [9.17, 15) is 0 Å². The minimum atomic E-state index is 0.712. The van der Waals surface area contributed by atoms with E-state index in [1.807, 2.05) is 0 Å². The molecule has 62 valence electrons. The zero-order valence-corrected chi connectivity index (χ0v) is 7.27. The third kappa shape index (κ3) is 3.51. The molecule has 1 heterocycles. The van der Waals surface area contributed by atoms with Crippen molar-refractivity contribution < 1.29 is 4.74 Å². The SMILES string of the molecule is NCCCOCc1ccsc1. The average molecular weight is 171 g/mol. The fraction of sp³-hybridized carbons (Fsp3) is 0.500. The molecule has 0 aliphatic rings. The lowest BCUT2D eigenvalue weighted by atomic mass is 10.4. The third-order valence-corrected chi connectivity index (χ3v) is 2.07. The number of nitrogens with two attached hydrogens (primary N) is 1. The molecule has 1 aromatic heterocycles. The van der Waals surface area contributed by atoms with E-state index in [-0.39, 0.29) is 0 Å². The van der Waals surface area contributed by atoms with E-state index in [1.165, 1.54) is 5.56 Å². The molecule has 0 atom stereocenters. The maximum Gasteiger partial charge on any atom is 0.0724 e. The number of rotatable bonds is 5. The summed E-state index contributed by atoms with van der Waals surface area (Å²) in [6.07, 6.45) is 0.949. The molecule has 0 bridgehead atoms. The van der Waals surface area contributed by atoms with Crippen LogP contribution in [0.25, 0.3) is 0 Å². The molecule has 2 nitrogen and oxygen atoms in total. The zero-order valence-electron chi connectivity index (χ0n) is 6.45. The Morgan fingerprint density at radius 3 is 3.09 bits per heavy atom. The first-order valence-corrected chi connectivity index (χ1v) is 4.66. The van der Waals surface area contributed by atoms with Gasteiger partial charge in [-0.05, 0) is 35.4 Å². The van der Waals surface area contributed by atoms with Gasteiger partial charge in [0.15, 0.2) is 0 Å². The van der Waals surface area contributed by atoms with E-state index >= 15 is 0 Å². The van der Waals surface area contributed by atoms with Crippen LogP contribution < -0.4 is 5.73 Å². The van der Waals surface area contributed by atoms with Gasteiger partial charge >= 0.3 is 0 Å². The van der Waals surface area contributed by atoms with Gasteiger partial charge in [0.05, 0.1) is 6.61 Å². The van der Waals surface area contributed by atoms with Gasteiger partial charge in [-0.2, -0.15) is 11.3 Å². The molecule has 0 radical (unpaired) electrons. The molecular weight excluding hydrogens is 158 g/mol. The summed E-state index contributed by atoms with van der Waals surface area (Å²) in [5.41, 5.74) is 6.57. The average Bonchev–Trinajstić information content (AvgIpc) is 2.50. The topological polar surface area (TPSA) is 35.2 Å². The monoisotopic (exact) mass is 171 g/mol. The Morgan fingerprint density at radius 2 is 2.45 bits per heavy atom. The van der Waals surface area contributed by atoms with Crippen LogP contribution in [0.3, 0.4) is 0 Å². The molecule has 2 N–H and O–H groups in total. The Balaban J connectivity index is 2.04. The molecule has 0 unspecified atom stereocenters. The number of hydrogen-bond acceptors (Lipinski definition) is 3. The largest absolute Gasteiger partial charge is 0.377 e. The van der Waals surface area contributed by atoms with E-state index in [1.54, 1.807) is 11.3 Å². The van der Waals surface area contributed by atoms with Crippen molar-refractivity contribution in [1.82, 2.24) is 0 Å². The molecular formula is C8H13NOS. The molecule has 3 heteroatoms. The summed E-state index contributed by atoms with van der Waals surface area (Å²) >= 11 is 1.70. The van der Waals surface area contributed by atoms with Crippen molar-refractivity contribution in [2.45, 2.75) is 13.0 Å². The highest BCUT2D eigenvalue weighted by atomic mass is 32.1. The molecule has 0 saturated heterocycles. The molecule has 0 aliphatic heterocycles. The van der Waals surface area contributed by atoms with Gasteiger partial charge in [-0.15, -0.1) is 0 Å². The lowest BCUT2D eigenvalue weighted by molar-refractivity contribution is 0.120. The van der Waals surface area contributed by atoms with Crippen LogP contribution in [0.4, 0.5) is 0 Å². The summed E-state index contributed by atoms with van der Waals surface area (Å²) in [5, 5.41) is 4.16. The van der Waals surface area contributed by atoms with Gasteiger partial charge < -0.3 is 10.5 Å². The maximum atomic E-state index is 5.35. The summed E-state index contributed by atoms with van der Waals surface area (Å²) in [4.78, 5) is 0. The van der Waals surface area contributed by atoms with Gasteiger partial charge in [0, 0.05) is 6.61 Å². The van der Waals surface area contributed by atoms with Gasteiger partial charge in [-0.3, -0.25) is 0 Å². The molecule has 0 amide bonds. The van der Waals surface area contributed by atoms with Crippen molar-refractivity contribution in [3.8, 4) is 0 Å². The highest BCUT2D eigenvalue weighted by Crippen LogP contribution is 2.06. The molecule has 0 spiro atoms. The second-order valence-corrected chi connectivity index (χ2v) is 3.11. The highest BCUT2D eigenvalue weighted by molar-refractivity contribution is 7.07. The van der Waals surface area contributed by atoms with Crippen LogP contribution in [0.2, 0.25) is 0 Å². The Labute approximate surface area is 71.0 Å². The predicted octanol–water partition coefficient (Wildman–Crippen LogP) is 1.61.